The minimum Gasteiger partial charge on any atom is -0.468 e. The monoisotopic (exact) mass is 328 g/mol. The number of aryl methyl sites for hydroxylation is 1. The molecule has 114 valence electrons. The molecule has 6 nitrogen and oxygen atoms in total. The Morgan fingerprint density at radius 3 is 2.67 bits per heavy atom. The molecule has 1 aromatic rings. The van der Waals surface area contributed by atoms with Gasteiger partial charge in [-0.2, -0.15) is 13.5 Å². The number of carbonyl (C=O) groups is 1. The van der Waals surface area contributed by atoms with Crippen molar-refractivity contribution in [2.75, 3.05) is 12.9 Å². The number of thioether (sulfide) groups is 1. The lowest BCUT2D eigenvalue weighted by molar-refractivity contribution is -0.139. The summed E-state index contributed by atoms with van der Waals surface area (Å²) in [4.78, 5) is 13.7. The number of sulfonamides is 1. The lowest BCUT2D eigenvalue weighted by atomic mass is 10.2. The van der Waals surface area contributed by atoms with Crippen molar-refractivity contribution in [3.8, 4) is 0 Å². The average molecular weight is 328 g/mol. The Balaban J connectivity index is 2.04. The third kappa shape index (κ3) is 3.98. The van der Waals surface area contributed by atoms with Crippen LogP contribution in [0.1, 0.15) is 12.0 Å². The van der Waals surface area contributed by atoms with Gasteiger partial charge in [-0.3, -0.25) is 4.79 Å². The molecule has 1 heterocycles. The van der Waals surface area contributed by atoms with Crippen LogP contribution in [0.4, 0.5) is 0 Å². The van der Waals surface area contributed by atoms with Crippen molar-refractivity contribution in [3.05, 3.63) is 29.8 Å². The van der Waals surface area contributed by atoms with Crippen molar-refractivity contribution in [2.45, 2.75) is 23.5 Å². The van der Waals surface area contributed by atoms with Crippen LogP contribution in [-0.4, -0.2) is 38.2 Å². The second-order valence-corrected chi connectivity index (χ2v) is 7.46. The first-order valence-corrected chi connectivity index (χ1v) is 8.79. The molecule has 21 heavy (non-hydrogen) atoms. The Morgan fingerprint density at radius 1 is 1.38 bits per heavy atom. The van der Waals surface area contributed by atoms with Crippen LogP contribution >= 0.6 is 11.8 Å². The number of ether oxygens (including phenoxy) is 1. The zero-order valence-electron chi connectivity index (χ0n) is 11.7. The van der Waals surface area contributed by atoms with Gasteiger partial charge >= 0.3 is 5.97 Å². The Labute approximate surface area is 128 Å². The van der Waals surface area contributed by atoms with E-state index in [1.165, 1.54) is 31.0 Å². The van der Waals surface area contributed by atoms with E-state index >= 15 is 0 Å². The number of methoxy groups -OCH3 is 1. The Bertz CT molecular complexity index is 653. The van der Waals surface area contributed by atoms with Gasteiger partial charge < -0.3 is 4.74 Å². The second kappa shape index (κ2) is 6.48. The third-order valence-corrected chi connectivity index (χ3v) is 5.48. The van der Waals surface area contributed by atoms with Gasteiger partial charge in [0.2, 0.25) is 0 Å². The van der Waals surface area contributed by atoms with E-state index in [1.807, 2.05) is 6.92 Å². The predicted molar refractivity (Wildman–Crippen MR) is 81.8 cm³/mol. The molecule has 0 saturated carbocycles. The second-order valence-electron chi connectivity index (χ2n) is 4.61. The summed E-state index contributed by atoms with van der Waals surface area (Å²) in [6, 6.07) is 6.50. The molecule has 0 radical (unpaired) electrons. The maximum atomic E-state index is 12.1. The van der Waals surface area contributed by atoms with E-state index in [2.05, 4.69) is 14.7 Å². The standard InChI is InChI=1S/C13H16N2O4S2/c1-9-3-5-11(6-4-9)21(17,18)15-14-10-7-12(20-8-10)13(16)19-2/h3-6,12,15H,7-8H2,1-2H3/t12-/m1/s1. The summed E-state index contributed by atoms with van der Waals surface area (Å²) >= 11 is 1.39. The zero-order valence-corrected chi connectivity index (χ0v) is 13.3. The average Bonchev–Trinajstić information content (AvgIpc) is 2.94. The highest BCUT2D eigenvalue weighted by atomic mass is 32.2. The highest BCUT2D eigenvalue weighted by Crippen LogP contribution is 2.25. The van der Waals surface area contributed by atoms with Gasteiger partial charge in [0.1, 0.15) is 5.25 Å². The van der Waals surface area contributed by atoms with E-state index < -0.39 is 10.0 Å². The topological polar surface area (TPSA) is 84.8 Å². The number of benzene rings is 1. The SMILES string of the molecule is COC(=O)[C@H]1CC(=NNS(=O)(=O)c2ccc(C)cc2)CS1. The molecule has 1 aliphatic heterocycles. The van der Waals surface area contributed by atoms with E-state index in [4.69, 9.17) is 0 Å². The molecule has 8 heteroatoms. The molecule has 0 aromatic heterocycles. The zero-order chi connectivity index (χ0) is 15.5. The van der Waals surface area contributed by atoms with Crippen molar-refractivity contribution in [2.24, 2.45) is 5.10 Å². The van der Waals surface area contributed by atoms with Crippen LogP contribution in [0.3, 0.4) is 0 Å². The first-order chi connectivity index (χ1) is 9.92. The van der Waals surface area contributed by atoms with Crippen molar-refractivity contribution in [3.63, 3.8) is 0 Å². The van der Waals surface area contributed by atoms with Crippen molar-refractivity contribution in [1.82, 2.24) is 4.83 Å². The highest BCUT2D eigenvalue weighted by Gasteiger charge is 2.29. The largest absolute Gasteiger partial charge is 0.468 e. The van der Waals surface area contributed by atoms with Crippen molar-refractivity contribution in [1.29, 1.82) is 0 Å². The lowest BCUT2D eigenvalue weighted by Gasteiger charge is -2.05. The summed E-state index contributed by atoms with van der Waals surface area (Å²) in [5.74, 6) is 0.197. The molecule has 2 rings (SSSR count). The predicted octanol–water partition coefficient (Wildman–Crippen LogP) is 1.31. The molecular formula is C13H16N2O4S2. The van der Waals surface area contributed by atoms with Gasteiger partial charge in [0, 0.05) is 12.2 Å². The Morgan fingerprint density at radius 2 is 2.05 bits per heavy atom. The van der Waals surface area contributed by atoms with E-state index in [1.54, 1.807) is 12.1 Å². The molecule has 1 fully saturated rings. The molecular weight excluding hydrogens is 312 g/mol. The molecule has 0 amide bonds. The smallest absolute Gasteiger partial charge is 0.319 e. The van der Waals surface area contributed by atoms with Crippen LogP contribution in [0.15, 0.2) is 34.3 Å². The first-order valence-electron chi connectivity index (χ1n) is 6.26. The molecule has 0 aliphatic carbocycles. The number of esters is 1. The highest BCUT2D eigenvalue weighted by molar-refractivity contribution is 8.01. The first kappa shape index (κ1) is 15.8. The van der Waals surface area contributed by atoms with Crippen LogP contribution < -0.4 is 4.83 Å². The van der Waals surface area contributed by atoms with Gasteiger partial charge in [0.05, 0.1) is 17.7 Å². The molecule has 0 unspecified atom stereocenters. The number of carbonyl (C=O) groups excluding carboxylic acids is 1. The van der Waals surface area contributed by atoms with Crippen molar-refractivity contribution < 1.29 is 17.9 Å². The van der Waals surface area contributed by atoms with Gasteiger partial charge in [0.25, 0.3) is 10.0 Å². The molecule has 1 saturated heterocycles. The van der Waals surface area contributed by atoms with Gasteiger partial charge in [-0.05, 0) is 19.1 Å². The van der Waals surface area contributed by atoms with Crippen LogP contribution in [0, 0.1) is 6.92 Å². The summed E-state index contributed by atoms with van der Waals surface area (Å²) in [6.07, 6.45) is 0.397. The van der Waals surface area contributed by atoms with Crippen LogP contribution in [-0.2, 0) is 19.6 Å². The van der Waals surface area contributed by atoms with Crippen LogP contribution in [0.5, 0.6) is 0 Å². The molecule has 1 aromatic carbocycles. The van der Waals surface area contributed by atoms with E-state index in [9.17, 15) is 13.2 Å². The number of hydrogen-bond acceptors (Lipinski definition) is 6. The quantitative estimate of drug-likeness (QED) is 0.665. The maximum Gasteiger partial charge on any atom is 0.319 e. The molecule has 1 N–H and O–H groups in total. The number of nitrogens with one attached hydrogen (secondary N) is 1. The molecule has 0 spiro atoms. The fourth-order valence-corrected chi connectivity index (χ4v) is 3.75. The van der Waals surface area contributed by atoms with Crippen LogP contribution in [0.2, 0.25) is 0 Å². The number of hydrogen-bond donors (Lipinski definition) is 1. The maximum absolute atomic E-state index is 12.1. The number of rotatable bonds is 4. The van der Waals surface area contributed by atoms with E-state index in [-0.39, 0.29) is 16.1 Å². The van der Waals surface area contributed by atoms with Gasteiger partial charge in [0.15, 0.2) is 0 Å². The lowest BCUT2D eigenvalue weighted by Crippen LogP contribution is -2.21. The number of nitrogens with zero attached hydrogens (tertiary/aromatic N) is 1. The molecule has 1 aliphatic rings. The fourth-order valence-electron chi connectivity index (χ4n) is 1.78. The normalized spacial score (nSPS) is 20.5. The van der Waals surface area contributed by atoms with E-state index in [0.29, 0.717) is 17.9 Å². The summed E-state index contributed by atoms with van der Waals surface area (Å²) in [5.41, 5.74) is 1.61. The fraction of sp³-hybridized carbons (Fsp3) is 0.385. The number of hydrazone groups is 1. The molecule has 0 bridgehead atoms. The Kier molecular flexibility index (Phi) is 4.89. The van der Waals surface area contributed by atoms with Gasteiger partial charge in [-0.1, -0.05) is 17.7 Å². The summed E-state index contributed by atoms with van der Waals surface area (Å²) < 4.78 is 28.8. The summed E-state index contributed by atoms with van der Waals surface area (Å²) in [7, 11) is -2.34. The van der Waals surface area contributed by atoms with Gasteiger partial charge in [-0.25, -0.2) is 4.83 Å². The summed E-state index contributed by atoms with van der Waals surface area (Å²) in [6.45, 7) is 1.88. The van der Waals surface area contributed by atoms with Crippen molar-refractivity contribution >= 4 is 33.5 Å². The minimum absolute atomic E-state index is 0.160. The summed E-state index contributed by atoms with van der Waals surface area (Å²) in [5, 5.41) is 3.60. The minimum atomic E-state index is -3.67. The molecule has 1 atom stereocenters. The Hall–Kier alpha value is -1.54. The van der Waals surface area contributed by atoms with Gasteiger partial charge in [-0.15, -0.1) is 11.8 Å². The van der Waals surface area contributed by atoms with E-state index in [0.717, 1.165) is 5.56 Å². The van der Waals surface area contributed by atoms with Crippen LogP contribution in [0.25, 0.3) is 0 Å². The third-order valence-electron chi connectivity index (χ3n) is 2.99.